The molecule has 0 aliphatic heterocycles. The SMILES string of the molecule is COc1cc(CCNC(=O)C(N)=O)ccc1OC(F)F. The maximum absolute atomic E-state index is 12.1. The molecule has 0 unspecified atom stereocenters. The number of nitrogens with two attached hydrogens (primary N) is 1. The fourth-order valence-corrected chi connectivity index (χ4v) is 1.47. The van der Waals surface area contributed by atoms with E-state index in [9.17, 15) is 18.4 Å². The van der Waals surface area contributed by atoms with Gasteiger partial charge in [0, 0.05) is 6.54 Å². The average molecular weight is 288 g/mol. The van der Waals surface area contributed by atoms with E-state index < -0.39 is 18.4 Å². The fourth-order valence-electron chi connectivity index (χ4n) is 1.47. The van der Waals surface area contributed by atoms with E-state index in [1.165, 1.54) is 19.2 Å². The van der Waals surface area contributed by atoms with Crippen molar-refractivity contribution in [2.75, 3.05) is 13.7 Å². The van der Waals surface area contributed by atoms with Gasteiger partial charge in [-0.2, -0.15) is 8.78 Å². The quantitative estimate of drug-likeness (QED) is 0.743. The molecular weight excluding hydrogens is 274 g/mol. The number of methoxy groups -OCH3 is 1. The third-order valence-electron chi connectivity index (χ3n) is 2.37. The molecule has 0 saturated heterocycles. The lowest BCUT2D eigenvalue weighted by Gasteiger charge is -2.11. The number of primary amides is 1. The number of alkyl halides is 2. The third-order valence-corrected chi connectivity index (χ3v) is 2.37. The molecule has 0 saturated carbocycles. The van der Waals surface area contributed by atoms with Gasteiger partial charge in [0.1, 0.15) is 0 Å². The molecule has 0 aliphatic rings. The van der Waals surface area contributed by atoms with Crippen LogP contribution in [0.2, 0.25) is 0 Å². The predicted octanol–water partition coefficient (Wildman–Crippen LogP) is 0.441. The van der Waals surface area contributed by atoms with Gasteiger partial charge >= 0.3 is 18.4 Å². The number of amides is 2. The summed E-state index contributed by atoms with van der Waals surface area (Å²) in [6.07, 6.45) is 0.379. The Bertz CT molecular complexity index is 494. The van der Waals surface area contributed by atoms with Gasteiger partial charge in [0.2, 0.25) is 0 Å². The molecule has 0 fully saturated rings. The van der Waals surface area contributed by atoms with Crippen molar-refractivity contribution < 1.29 is 27.8 Å². The first-order valence-electron chi connectivity index (χ1n) is 5.63. The van der Waals surface area contributed by atoms with Crippen LogP contribution in [0.1, 0.15) is 5.56 Å². The minimum atomic E-state index is -2.94. The smallest absolute Gasteiger partial charge is 0.387 e. The molecule has 0 spiro atoms. The maximum atomic E-state index is 12.1. The molecule has 20 heavy (non-hydrogen) atoms. The van der Waals surface area contributed by atoms with Gasteiger partial charge in [-0.3, -0.25) is 9.59 Å². The Morgan fingerprint density at radius 2 is 2.05 bits per heavy atom. The molecule has 0 bridgehead atoms. The number of hydrogen-bond donors (Lipinski definition) is 2. The third kappa shape index (κ3) is 4.71. The lowest BCUT2D eigenvalue weighted by Crippen LogP contribution is -2.37. The highest BCUT2D eigenvalue weighted by molar-refractivity contribution is 6.34. The van der Waals surface area contributed by atoms with Crippen LogP contribution in [-0.2, 0) is 16.0 Å². The molecule has 0 radical (unpaired) electrons. The van der Waals surface area contributed by atoms with Crippen molar-refractivity contribution in [1.29, 1.82) is 0 Å². The first kappa shape index (κ1) is 15.7. The second kappa shape index (κ2) is 7.27. The predicted molar refractivity (Wildman–Crippen MR) is 65.5 cm³/mol. The molecule has 110 valence electrons. The highest BCUT2D eigenvalue weighted by Crippen LogP contribution is 2.29. The number of halogens is 2. The van der Waals surface area contributed by atoms with Crippen molar-refractivity contribution in [3.05, 3.63) is 23.8 Å². The zero-order valence-electron chi connectivity index (χ0n) is 10.7. The zero-order valence-corrected chi connectivity index (χ0v) is 10.7. The first-order valence-corrected chi connectivity index (χ1v) is 5.63. The molecule has 2 amide bonds. The van der Waals surface area contributed by atoms with Crippen LogP contribution in [0.15, 0.2) is 18.2 Å². The molecule has 0 heterocycles. The van der Waals surface area contributed by atoms with E-state index in [4.69, 9.17) is 10.5 Å². The lowest BCUT2D eigenvalue weighted by atomic mass is 10.1. The number of nitrogens with one attached hydrogen (secondary N) is 1. The van der Waals surface area contributed by atoms with Crippen molar-refractivity contribution in [3.8, 4) is 11.5 Å². The van der Waals surface area contributed by atoms with Gasteiger partial charge in [-0.25, -0.2) is 0 Å². The standard InChI is InChI=1S/C12H14F2N2O4/c1-19-9-6-7(2-3-8(9)20-12(13)14)4-5-16-11(18)10(15)17/h2-3,6,12H,4-5H2,1H3,(H2,15,17)(H,16,18). The van der Waals surface area contributed by atoms with E-state index in [1.807, 2.05) is 0 Å². The highest BCUT2D eigenvalue weighted by Gasteiger charge is 2.11. The van der Waals surface area contributed by atoms with Gasteiger partial charge in [0.05, 0.1) is 7.11 Å². The molecule has 8 heteroatoms. The van der Waals surface area contributed by atoms with E-state index in [0.717, 1.165) is 0 Å². The molecule has 0 atom stereocenters. The Hall–Kier alpha value is -2.38. The summed E-state index contributed by atoms with van der Waals surface area (Å²) in [4.78, 5) is 21.4. The van der Waals surface area contributed by atoms with Crippen LogP contribution < -0.4 is 20.5 Å². The Kier molecular flexibility index (Phi) is 5.70. The molecule has 6 nitrogen and oxygen atoms in total. The van der Waals surface area contributed by atoms with Crippen molar-refractivity contribution in [1.82, 2.24) is 5.32 Å². The summed E-state index contributed by atoms with van der Waals surface area (Å²) in [6, 6.07) is 4.40. The van der Waals surface area contributed by atoms with E-state index >= 15 is 0 Å². The molecule has 0 aromatic heterocycles. The Balaban J connectivity index is 2.64. The van der Waals surface area contributed by atoms with E-state index in [-0.39, 0.29) is 18.0 Å². The van der Waals surface area contributed by atoms with Gasteiger partial charge < -0.3 is 20.5 Å². The van der Waals surface area contributed by atoms with E-state index in [2.05, 4.69) is 10.1 Å². The van der Waals surface area contributed by atoms with Gasteiger partial charge in [0.15, 0.2) is 11.5 Å². The monoisotopic (exact) mass is 288 g/mol. The van der Waals surface area contributed by atoms with Crippen LogP contribution in [0.4, 0.5) is 8.78 Å². The number of rotatable bonds is 6. The van der Waals surface area contributed by atoms with Crippen molar-refractivity contribution in [2.45, 2.75) is 13.0 Å². The van der Waals surface area contributed by atoms with Crippen LogP contribution in [0.25, 0.3) is 0 Å². The van der Waals surface area contributed by atoms with E-state index in [1.54, 1.807) is 6.07 Å². The number of carbonyl (C=O) groups excluding carboxylic acids is 2. The van der Waals surface area contributed by atoms with E-state index in [0.29, 0.717) is 12.0 Å². The highest BCUT2D eigenvalue weighted by atomic mass is 19.3. The zero-order chi connectivity index (χ0) is 15.1. The largest absolute Gasteiger partial charge is 0.493 e. The maximum Gasteiger partial charge on any atom is 0.387 e. The molecule has 1 rings (SSSR count). The molecular formula is C12H14F2N2O4. The van der Waals surface area contributed by atoms with Gasteiger partial charge in [0.25, 0.3) is 0 Å². The van der Waals surface area contributed by atoms with Crippen LogP contribution in [-0.4, -0.2) is 32.1 Å². The number of benzene rings is 1. The summed E-state index contributed by atoms with van der Waals surface area (Å²) in [6.45, 7) is -2.76. The number of carbonyl (C=O) groups is 2. The Morgan fingerprint density at radius 1 is 1.35 bits per heavy atom. The summed E-state index contributed by atoms with van der Waals surface area (Å²) in [7, 11) is 1.33. The van der Waals surface area contributed by atoms with Gasteiger partial charge in [-0.05, 0) is 24.1 Å². The summed E-state index contributed by atoms with van der Waals surface area (Å²) in [5.74, 6) is -1.87. The Morgan fingerprint density at radius 3 is 2.60 bits per heavy atom. The molecule has 1 aromatic carbocycles. The summed E-state index contributed by atoms with van der Waals surface area (Å²) in [5, 5.41) is 2.31. The normalized spacial score (nSPS) is 10.2. The molecule has 3 N–H and O–H groups in total. The average Bonchev–Trinajstić information content (AvgIpc) is 2.39. The second-order valence-electron chi connectivity index (χ2n) is 3.73. The molecule has 0 aliphatic carbocycles. The lowest BCUT2D eigenvalue weighted by molar-refractivity contribution is -0.137. The van der Waals surface area contributed by atoms with Crippen LogP contribution in [0.3, 0.4) is 0 Å². The summed E-state index contributed by atoms with van der Waals surface area (Å²) < 4.78 is 33.5. The second-order valence-corrected chi connectivity index (χ2v) is 3.73. The number of ether oxygens (including phenoxy) is 2. The van der Waals surface area contributed by atoms with Crippen LogP contribution in [0, 0.1) is 0 Å². The van der Waals surface area contributed by atoms with Gasteiger partial charge in [-0.1, -0.05) is 6.07 Å². The Labute approximate surface area is 113 Å². The first-order chi connectivity index (χ1) is 9.43. The number of hydrogen-bond acceptors (Lipinski definition) is 4. The van der Waals surface area contributed by atoms with Crippen molar-refractivity contribution >= 4 is 11.8 Å². The summed E-state index contributed by atoms with van der Waals surface area (Å²) in [5.41, 5.74) is 5.48. The summed E-state index contributed by atoms with van der Waals surface area (Å²) >= 11 is 0. The fraction of sp³-hybridized carbons (Fsp3) is 0.333. The van der Waals surface area contributed by atoms with Gasteiger partial charge in [-0.15, -0.1) is 0 Å². The van der Waals surface area contributed by atoms with Crippen molar-refractivity contribution in [2.24, 2.45) is 5.73 Å². The van der Waals surface area contributed by atoms with Crippen molar-refractivity contribution in [3.63, 3.8) is 0 Å². The molecule has 1 aromatic rings. The minimum Gasteiger partial charge on any atom is -0.493 e. The van der Waals surface area contributed by atoms with Crippen LogP contribution >= 0.6 is 0 Å². The minimum absolute atomic E-state index is 0.0765. The topological polar surface area (TPSA) is 90.6 Å². The van der Waals surface area contributed by atoms with Crippen LogP contribution in [0.5, 0.6) is 11.5 Å².